The molecular formula is C15H21NO5. The van der Waals surface area contributed by atoms with Gasteiger partial charge in [0.05, 0.1) is 13.7 Å². The Morgan fingerprint density at radius 1 is 1.38 bits per heavy atom. The zero-order valence-electron chi connectivity index (χ0n) is 12.7. The monoisotopic (exact) mass is 295 g/mol. The minimum absolute atomic E-state index is 0.0138. The van der Waals surface area contributed by atoms with E-state index < -0.39 is 5.97 Å². The van der Waals surface area contributed by atoms with Crippen LogP contribution in [0.1, 0.15) is 34.7 Å². The third kappa shape index (κ3) is 3.64. The van der Waals surface area contributed by atoms with Gasteiger partial charge in [0.1, 0.15) is 17.1 Å². The van der Waals surface area contributed by atoms with E-state index in [4.69, 9.17) is 9.15 Å². The summed E-state index contributed by atoms with van der Waals surface area (Å²) in [6.45, 7) is 3.32. The first kappa shape index (κ1) is 15.6. The number of rotatable bonds is 4. The van der Waals surface area contributed by atoms with Crippen LogP contribution in [0.25, 0.3) is 0 Å². The van der Waals surface area contributed by atoms with Crippen molar-refractivity contribution in [2.24, 2.45) is 5.92 Å². The molecule has 0 radical (unpaired) electrons. The van der Waals surface area contributed by atoms with Gasteiger partial charge in [-0.05, 0) is 25.8 Å². The van der Waals surface area contributed by atoms with E-state index >= 15 is 0 Å². The van der Waals surface area contributed by atoms with E-state index in [2.05, 4.69) is 4.74 Å². The minimum atomic E-state index is -0.430. The Bertz CT molecular complexity index is 516. The van der Waals surface area contributed by atoms with E-state index in [1.807, 2.05) is 0 Å². The van der Waals surface area contributed by atoms with Crippen molar-refractivity contribution in [1.29, 1.82) is 0 Å². The van der Waals surface area contributed by atoms with Gasteiger partial charge in [-0.2, -0.15) is 0 Å². The molecule has 0 bridgehead atoms. The molecule has 1 amide bonds. The predicted octanol–water partition coefficient (Wildman–Crippen LogP) is 1.76. The lowest BCUT2D eigenvalue weighted by Crippen LogP contribution is -2.35. The Balaban J connectivity index is 2.00. The highest BCUT2D eigenvalue weighted by Gasteiger charge is 2.25. The summed E-state index contributed by atoms with van der Waals surface area (Å²) in [7, 11) is 3.07. The second kappa shape index (κ2) is 6.76. The van der Waals surface area contributed by atoms with Crippen LogP contribution < -0.4 is 0 Å². The number of esters is 1. The maximum absolute atomic E-state index is 12.3. The quantitative estimate of drug-likeness (QED) is 0.792. The van der Waals surface area contributed by atoms with E-state index in [9.17, 15) is 9.59 Å². The smallest absolute Gasteiger partial charge is 0.341 e. The molecule has 0 unspecified atom stereocenters. The van der Waals surface area contributed by atoms with Gasteiger partial charge in [0.25, 0.3) is 0 Å². The Morgan fingerprint density at radius 3 is 2.67 bits per heavy atom. The molecule has 2 heterocycles. The third-order valence-corrected chi connectivity index (χ3v) is 3.71. The summed E-state index contributed by atoms with van der Waals surface area (Å²) in [6, 6.07) is 1.63. The summed E-state index contributed by atoms with van der Waals surface area (Å²) in [4.78, 5) is 25.5. The molecule has 0 aromatic carbocycles. The highest BCUT2D eigenvalue weighted by atomic mass is 16.5. The van der Waals surface area contributed by atoms with Crippen LogP contribution in [0.5, 0.6) is 0 Å². The Labute approximate surface area is 124 Å². The van der Waals surface area contributed by atoms with Gasteiger partial charge in [0.2, 0.25) is 5.91 Å². The SMILES string of the molecule is COC(=O)c1cc(CN(C)C(=O)C2CCOCC2)oc1C. The van der Waals surface area contributed by atoms with Gasteiger partial charge < -0.3 is 18.8 Å². The fourth-order valence-corrected chi connectivity index (χ4v) is 2.50. The summed E-state index contributed by atoms with van der Waals surface area (Å²) >= 11 is 0. The summed E-state index contributed by atoms with van der Waals surface area (Å²) < 4.78 is 15.5. The fraction of sp³-hybridized carbons (Fsp3) is 0.600. The molecule has 0 N–H and O–H groups in total. The highest BCUT2D eigenvalue weighted by molar-refractivity contribution is 5.90. The van der Waals surface area contributed by atoms with Crippen LogP contribution in [-0.4, -0.2) is 44.1 Å². The van der Waals surface area contributed by atoms with Crippen LogP contribution in [0.2, 0.25) is 0 Å². The van der Waals surface area contributed by atoms with Crippen molar-refractivity contribution in [3.05, 3.63) is 23.2 Å². The van der Waals surface area contributed by atoms with Crippen molar-refractivity contribution in [1.82, 2.24) is 4.90 Å². The normalized spacial score (nSPS) is 15.8. The zero-order chi connectivity index (χ0) is 15.4. The van der Waals surface area contributed by atoms with Gasteiger partial charge >= 0.3 is 5.97 Å². The molecule has 0 saturated carbocycles. The van der Waals surface area contributed by atoms with Crippen LogP contribution in [0.15, 0.2) is 10.5 Å². The number of ether oxygens (including phenoxy) is 2. The topological polar surface area (TPSA) is 69.0 Å². The molecule has 1 aromatic heterocycles. The third-order valence-electron chi connectivity index (χ3n) is 3.71. The molecule has 116 valence electrons. The predicted molar refractivity (Wildman–Crippen MR) is 74.8 cm³/mol. The molecular weight excluding hydrogens is 274 g/mol. The second-order valence-corrected chi connectivity index (χ2v) is 5.26. The van der Waals surface area contributed by atoms with E-state index in [1.165, 1.54) is 7.11 Å². The van der Waals surface area contributed by atoms with Gasteiger partial charge in [-0.1, -0.05) is 0 Å². The van der Waals surface area contributed by atoms with Crippen LogP contribution in [0.4, 0.5) is 0 Å². The van der Waals surface area contributed by atoms with Gasteiger partial charge in [-0.25, -0.2) is 4.79 Å². The number of carbonyl (C=O) groups excluding carboxylic acids is 2. The highest BCUT2D eigenvalue weighted by Crippen LogP contribution is 2.20. The van der Waals surface area contributed by atoms with Gasteiger partial charge in [0.15, 0.2) is 0 Å². The van der Waals surface area contributed by atoms with Crippen LogP contribution >= 0.6 is 0 Å². The molecule has 6 nitrogen and oxygen atoms in total. The summed E-state index contributed by atoms with van der Waals surface area (Å²) in [5.41, 5.74) is 0.402. The number of hydrogen-bond acceptors (Lipinski definition) is 5. The number of methoxy groups -OCH3 is 1. The van der Waals surface area contributed by atoms with Crippen molar-refractivity contribution in [2.45, 2.75) is 26.3 Å². The number of nitrogens with zero attached hydrogens (tertiary/aromatic N) is 1. The molecule has 1 aliphatic heterocycles. The minimum Gasteiger partial charge on any atom is -0.465 e. The summed E-state index contributed by atoms with van der Waals surface area (Å²) in [5, 5.41) is 0. The molecule has 0 spiro atoms. The van der Waals surface area contributed by atoms with E-state index in [1.54, 1.807) is 24.9 Å². The number of aryl methyl sites for hydroxylation is 1. The van der Waals surface area contributed by atoms with Crippen LogP contribution in [-0.2, 0) is 20.8 Å². The molecule has 6 heteroatoms. The molecule has 2 rings (SSSR count). The Hall–Kier alpha value is -1.82. The lowest BCUT2D eigenvalue weighted by molar-refractivity contribution is -0.137. The van der Waals surface area contributed by atoms with Gasteiger partial charge in [-0.15, -0.1) is 0 Å². The van der Waals surface area contributed by atoms with E-state index in [-0.39, 0.29) is 11.8 Å². The van der Waals surface area contributed by atoms with Crippen LogP contribution in [0, 0.1) is 12.8 Å². The molecule has 1 aliphatic rings. The Kier molecular flexibility index (Phi) is 5.01. The molecule has 1 saturated heterocycles. The van der Waals surface area contributed by atoms with E-state index in [0.29, 0.717) is 36.8 Å². The largest absolute Gasteiger partial charge is 0.465 e. The average molecular weight is 295 g/mol. The van der Waals surface area contributed by atoms with Gasteiger partial charge in [-0.3, -0.25) is 4.79 Å². The molecule has 21 heavy (non-hydrogen) atoms. The first-order valence-corrected chi connectivity index (χ1v) is 7.03. The van der Waals surface area contributed by atoms with E-state index in [0.717, 1.165) is 12.8 Å². The number of hydrogen-bond donors (Lipinski definition) is 0. The summed E-state index contributed by atoms with van der Waals surface area (Å²) in [6.07, 6.45) is 1.52. The lowest BCUT2D eigenvalue weighted by atomic mass is 9.99. The molecule has 0 atom stereocenters. The standard InChI is InChI=1S/C15H21NO5/c1-10-13(15(18)19-3)8-12(21-10)9-16(2)14(17)11-4-6-20-7-5-11/h8,11H,4-7,9H2,1-3H3. The first-order valence-electron chi connectivity index (χ1n) is 7.03. The zero-order valence-corrected chi connectivity index (χ0v) is 12.7. The fourth-order valence-electron chi connectivity index (χ4n) is 2.50. The maximum atomic E-state index is 12.3. The van der Waals surface area contributed by atoms with Crippen LogP contribution in [0.3, 0.4) is 0 Å². The molecule has 1 fully saturated rings. The van der Waals surface area contributed by atoms with Crippen molar-refractivity contribution in [3.63, 3.8) is 0 Å². The summed E-state index contributed by atoms with van der Waals surface area (Å²) in [5.74, 6) is 0.757. The van der Waals surface area contributed by atoms with Crippen molar-refractivity contribution in [3.8, 4) is 0 Å². The maximum Gasteiger partial charge on any atom is 0.341 e. The number of carbonyl (C=O) groups is 2. The second-order valence-electron chi connectivity index (χ2n) is 5.26. The Morgan fingerprint density at radius 2 is 2.05 bits per heavy atom. The van der Waals surface area contributed by atoms with Crippen molar-refractivity contribution >= 4 is 11.9 Å². The van der Waals surface area contributed by atoms with Crippen molar-refractivity contribution in [2.75, 3.05) is 27.4 Å². The first-order chi connectivity index (χ1) is 10.0. The van der Waals surface area contributed by atoms with Crippen molar-refractivity contribution < 1.29 is 23.5 Å². The average Bonchev–Trinajstić information content (AvgIpc) is 2.87. The number of furan rings is 1. The lowest BCUT2D eigenvalue weighted by Gasteiger charge is -2.26. The number of amides is 1. The molecule has 0 aliphatic carbocycles. The molecule has 1 aromatic rings. The van der Waals surface area contributed by atoms with Gasteiger partial charge in [0, 0.05) is 26.2 Å².